The zero-order valence-corrected chi connectivity index (χ0v) is 14.0. The van der Waals surface area contributed by atoms with Crippen molar-refractivity contribution in [1.29, 1.82) is 0 Å². The van der Waals surface area contributed by atoms with E-state index in [0.717, 1.165) is 4.68 Å². The smallest absolute Gasteiger partial charge is 0.340 e. The van der Waals surface area contributed by atoms with Gasteiger partial charge in [-0.05, 0) is 26.3 Å². The van der Waals surface area contributed by atoms with Gasteiger partial charge in [0.05, 0.1) is 25.0 Å². The number of aromatic nitrogens is 3. The average Bonchev–Trinajstić information content (AvgIpc) is 2.84. The highest BCUT2D eigenvalue weighted by atomic mass is 16.5. The van der Waals surface area contributed by atoms with Gasteiger partial charge in [-0.3, -0.25) is 9.59 Å². The van der Waals surface area contributed by atoms with E-state index in [1.165, 1.54) is 19.2 Å². The Labute approximate surface area is 138 Å². The van der Waals surface area contributed by atoms with Gasteiger partial charge >= 0.3 is 5.97 Å². The molecule has 1 N–H and O–H groups in total. The monoisotopic (exact) mass is 333 g/mol. The van der Waals surface area contributed by atoms with E-state index in [1.807, 2.05) is 0 Å². The second-order valence-electron chi connectivity index (χ2n) is 5.14. The Bertz CT molecular complexity index is 835. The predicted octanol–water partition coefficient (Wildman–Crippen LogP) is 1.26. The van der Waals surface area contributed by atoms with Crippen molar-refractivity contribution >= 4 is 11.8 Å². The van der Waals surface area contributed by atoms with Crippen LogP contribution >= 0.6 is 0 Å². The van der Waals surface area contributed by atoms with Crippen LogP contribution in [-0.4, -0.2) is 40.2 Å². The number of carbonyl (C=O) groups excluding carboxylic acids is 2. The summed E-state index contributed by atoms with van der Waals surface area (Å²) in [5, 5.41) is 3.94. The number of nitrogens with one attached hydrogen (secondary N) is 1. The molecule has 0 radical (unpaired) electrons. The van der Waals surface area contributed by atoms with Crippen LogP contribution in [0.25, 0.3) is 0 Å². The summed E-state index contributed by atoms with van der Waals surface area (Å²) >= 11 is 0. The van der Waals surface area contributed by atoms with Crippen molar-refractivity contribution in [2.45, 2.75) is 27.3 Å². The summed E-state index contributed by atoms with van der Waals surface area (Å²) in [7, 11) is 1.42. The Morgan fingerprint density at radius 1 is 1.29 bits per heavy atom. The molecule has 8 heteroatoms. The summed E-state index contributed by atoms with van der Waals surface area (Å²) in [5.41, 5.74) is 1.21. The number of aryl methyl sites for hydroxylation is 1. The Balaban J connectivity index is 2.33. The first kappa shape index (κ1) is 17.5. The fourth-order valence-electron chi connectivity index (χ4n) is 2.41. The highest BCUT2D eigenvalue weighted by Crippen LogP contribution is 2.19. The minimum atomic E-state index is -0.487. The highest BCUT2D eigenvalue weighted by Gasteiger charge is 2.23. The largest absolute Gasteiger partial charge is 0.480 e. The zero-order chi connectivity index (χ0) is 17.9. The Morgan fingerprint density at radius 3 is 2.62 bits per heavy atom. The van der Waals surface area contributed by atoms with Crippen LogP contribution in [-0.2, 0) is 11.3 Å². The first-order valence-corrected chi connectivity index (χ1v) is 7.40. The molecular formula is C16H19N3O5. The Morgan fingerprint density at radius 2 is 2.00 bits per heavy atom. The van der Waals surface area contributed by atoms with E-state index >= 15 is 0 Å². The molecule has 0 aliphatic rings. The van der Waals surface area contributed by atoms with Crippen molar-refractivity contribution < 1.29 is 19.1 Å². The van der Waals surface area contributed by atoms with Crippen molar-refractivity contribution in [2.75, 3.05) is 13.7 Å². The maximum absolute atomic E-state index is 12.5. The molecular weight excluding hydrogens is 314 g/mol. The number of nitrogens with zero attached hydrogens (tertiary/aromatic N) is 2. The van der Waals surface area contributed by atoms with Gasteiger partial charge in [-0.25, -0.2) is 9.48 Å². The van der Waals surface area contributed by atoms with Crippen LogP contribution in [0.2, 0.25) is 0 Å². The number of esters is 1. The average molecular weight is 333 g/mol. The van der Waals surface area contributed by atoms with Crippen LogP contribution in [0, 0.1) is 13.8 Å². The molecule has 2 aromatic rings. The van der Waals surface area contributed by atoms with Crippen LogP contribution in [0.1, 0.15) is 39.0 Å². The van der Waals surface area contributed by atoms with Gasteiger partial charge in [0, 0.05) is 17.8 Å². The van der Waals surface area contributed by atoms with Crippen LogP contribution in [0.4, 0.5) is 0 Å². The first-order chi connectivity index (χ1) is 11.4. The van der Waals surface area contributed by atoms with E-state index in [1.54, 1.807) is 20.8 Å². The minimum Gasteiger partial charge on any atom is -0.480 e. The lowest BCUT2D eigenvalue weighted by Gasteiger charge is -2.06. The van der Waals surface area contributed by atoms with Crippen molar-refractivity contribution in [1.82, 2.24) is 14.8 Å². The van der Waals surface area contributed by atoms with Crippen LogP contribution < -0.4 is 10.3 Å². The van der Waals surface area contributed by atoms with Gasteiger partial charge in [0.2, 0.25) is 11.7 Å². The number of H-pyrrole nitrogens is 1. The van der Waals surface area contributed by atoms with Gasteiger partial charge in [-0.15, -0.1) is 5.10 Å². The van der Waals surface area contributed by atoms with Crippen molar-refractivity contribution in [2.24, 2.45) is 0 Å². The number of hydrogen-bond donors (Lipinski definition) is 1. The van der Waals surface area contributed by atoms with Crippen LogP contribution in [0.15, 0.2) is 16.9 Å². The second kappa shape index (κ2) is 7.12. The van der Waals surface area contributed by atoms with Gasteiger partial charge < -0.3 is 14.5 Å². The van der Waals surface area contributed by atoms with Gasteiger partial charge in [-0.2, -0.15) is 0 Å². The number of hydrogen-bond acceptors (Lipinski definition) is 6. The molecule has 0 unspecified atom stereocenters. The van der Waals surface area contributed by atoms with Crippen molar-refractivity contribution in [3.63, 3.8) is 0 Å². The van der Waals surface area contributed by atoms with Gasteiger partial charge in [0.1, 0.15) is 6.54 Å². The van der Waals surface area contributed by atoms with Crippen LogP contribution in [0.3, 0.4) is 0 Å². The van der Waals surface area contributed by atoms with Gasteiger partial charge in [0.25, 0.3) is 5.56 Å². The normalized spacial score (nSPS) is 10.5. The third kappa shape index (κ3) is 3.37. The number of aromatic amines is 1. The molecule has 0 bridgehead atoms. The SMILES string of the molecule is CCOC(=O)c1c(C)[nH]c(C(=O)Cn2nc(OC)ccc2=O)c1C. The zero-order valence-electron chi connectivity index (χ0n) is 14.0. The third-order valence-corrected chi connectivity index (χ3v) is 3.54. The summed E-state index contributed by atoms with van der Waals surface area (Å²) in [6.07, 6.45) is 0. The minimum absolute atomic E-state index is 0.231. The molecule has 128 valence electrons. The number of ketones is 1. The van der Waals surface area contributed by atoms with E-state index < -0.39 is 11.5 Å². The molecule has 2 aromatic heterocycles. The molecule has 0 saturated carbocycles. The number of Topliss-reactive ketones (excluding diaryl/α,β-unsaturated/α-hetero) is 1. The number of ether oxygens (including phenoxy) is 2. The number of methoxy groups -OCH3 is 1. The fourth-order valence-corrected chi connectivity index (χ4v) is 2.41. The molecule has 0 saturated heterocycles. The van der Waals surface area contributed by atoms with Crippen molar-refractivity contribution in [3.8, 4) is 5.88 Å². The quantitative estimate of drug-likeness (QED) is 0.630. The van der Waals surface area contributed by atoms with E-state index in [4.69, 9.17) is 9.47 Å². The second-order valence-corrected chi connectivity index (χ2v) is 5.14. The molecule has 2 heterocycles. The van der Waals surface area contributed by atoms with Crippen molar-refractivity contribution in [3.05, 3.63) is 45.0 Å². The van der Waals surface area contributed by atoms with E-state index in [9.17, 15) is 14.4 Å². The summed E-state index contributed by atoms with van der Waals surface area (Å²) in [4.78, 5) is 39.2. The summed E-state index contributed by atoms with van der Waals surface area (Å²) in [5.74, 6) is -0.623. The molecule has 0 fully saturated rings. The standard InChI is InChI=1S/C16H19N3O5/c1-5-24-16(22)14-9(2)15(17-10(14)3)11(20)8-19-13(21)7-6-12(18-19)23-4/h6-7,17H,5,8H2,1-4H3. The molecule has 24 heavy (non-hydrogen) atoms. The molecule has 8 nitrogen and oxygen atoms in total. The summed E-state index contributed by atoms with van der Waals surface area (Å²) < 4.78 is 11.0. The van der Waals surface area contributed by atoms with Crippen LogP contribution in [0.5, 0.6) is 5.88 Å². The molecule has 0 aliphatic heterocycles. The lowest BCUT2D eigenvalue weighted by atomic mass is 10.1. The summed E-state index contributed by atoms with van der Waals surface area (Å²) in [6, 6.07) is 2.70. The molecule has 0 amide bonds. The molecule has 0 aromatic carbocycles. The highest BCUT2D eigenvalue weighted by molar-refractivity contribution is 6.01. The Kier molecular flexibility index (Phi) is 5.18. The van der Waals surface area contributed by atoms with E-state index in [2.05, 4.69) is 10.1 Å². The molecule has 0 spiro atoms. The van der Waals surface area contributed by atoms with E-state index in [-0.39, 0.29) is 30.5 Å². The molecule has 0 atom stereocenters. The maximum atomic E-state index is 12.5. The number of rotatable bonds is 6. The third-order valence-electron chi connectivity index (χ3n) is 3.54. The number of carbonyl (C=O) groups is 2. The Hall–Kier alpha value is -2.90. The predicted molar refractivity (Wildman–Crippen MR) is 85.6 cm³/mol. The van der Waals surface area contributed by atoms with Gasteiger partial charge in [0.15, 0.2) is 0 Å². The molecule has 0 aliphatic carbocycles. The topological polar surface area (TPSA) is 103 Å². The van der Waals surface area contributed by atoms with E-state index in [0.29, 0.717) is 16.8 Å². The summed E-state index contributed by atoms with van der Waals surface area (Å²) in [6.45, 7) is 5.04. The lowest BCUT2D eigenvalue weighted by Crippen LogP contribution is -2.26. The van der Waals surface area contributed by atoms with Gasteiger partial charge in [-0.1, -0.05) is 0 Å². The lowest BCUT2D eigenvalue weighted by molar-refractivity contribution is 0.0525. The maximum Gasteiger partial charge on any atom is 0.340 e. The molecule has 2 rings (SSSR count). The fraction of sp³-hybridized carbons (Fsp3) is 0.375. The first-order valence-electron chi connectivity index (χ1n) is 7.40.